The van der Waals surface area contributed by atoms with Crippen LogP contribution in [0.5, 0.6) is 5.75 Å². The van der Waals surface area contributed by atoms with Gasteiger partial charge in [-0.15, -0.1) is 0 Å². The van der Waals surface area contributed by atoms with Crippen LogP contribution in [0.25, 0.3) is 10.9 Å². The van der Waals surface area contributed by atoms with Crippen molar-refractivity contribution < 1.29 is 9.90 Å². The zero-order chi connectivity index (χ0) is 16.3. The lowest BCUT2D eigenvalue weighted by Crippen LogP contribution is -2.44. The maximum atomic E-state index is 13.2. The Kier molecular flexibility index (Phi) is 2.71. The highest BCUT2D eigenvalue weighted by molar-refractivity contribution is 6.20. The third-order valence-corrected chi connectivity index (χ3v) is 5.63. The van der Waals surface area contributed by atoms with E-state index in [1.807, 2.05) is 24.3 Å². The SMILES string of the molecule is O=C1c2ccc(O)cc2C2(CCNCC2)c2[nH]c3ccccc3c21. The zero-order valence-electron chi connectivity index (χ0n) is 13.2. The number of hydrogen-bond acceptors (Lipinski definition) is 3. The van der Waals surface area contributed by atoms with Crippen LogP contribution in [-0.2, 0) is 5.41 Å². The van der Waals surface area contributed by atoms with Crippen molar-refractivity contribution in [2.24, 2.45) is 0 Å². The molecular formula is C20H18N2O2. The van der Waals surface area contributed by atoms with Crippen LogP contribution in [0.15, 0.2) is 42.5 Å². The fraction of sp³-hybridized carbons (Fsp3) is 0.250. The Bertz CT molecular complexity index is 980. The summed E-state index contributed by atoms with van der Waals surface area (Å²) in [4.78, 5) is 16.7. The van der Waals surface area contributed by atoms with Gasteiger partial charge >= 0.3 is 0 Å². The topological polar surface area (TPSA) is 65.1 Å². The molecule has 0 bridgehead atoms. The smallest absolute Gasteiger partial charge is 0.195 e. The number of benzene rings is 2. The summed E-state index contributed by atoms with van der Waals surface area (Å²) < 4.78 is 0. The molecular weight excluding hydrogens is 300 g/mol. The molecule has 120 valence electrons. The summed E-state index contributed by atoms with van der Waals surface area (Å²) in [6.07, 6.45) is 1.83. The Labute approximate surface area is 139 Å². The van der Waals surface area contributed by atoms with Gasteiger partial charge in [0.05, 0.1) is 5.56 Å². The zero-order valence-corrected chi connectivity index (χ0v) is 13.2. The molecule has 3 aromatic rings. The predicted octanol–water partition coefficient (Wildman–Crippen LogP) is 3.09. The van der Waals surface area contributed by atoms with E-state index >= 15 is 0 Å². The van der Waals surface area contributed by atoms with Gasteiger partial charge in [-0.25, -0.2) is 0 Å². The summed E-state index contributed by atoms with van der Waals surface area (Å²) in [6, 6.07) is 13.2. The Morgan fingerprint density at radius 3 is 2.67 bits per heavy atom. The van der Waals surface area contributed by atoms with Gasteiger partial charge in [0.2, 0.25) is 0 Å². The Hall–Kier alpha value is -2.59. The summed E-state index contributed by atoms with van der Waals surface area (Å²) in [5.74, 6) is 0.278. The number of phenolic OH excluding ortho intramolecular Hbond substituents is 1. The number of aromatic amines is 1. The number of carbonyl (C=O) groups is 1. The minimum atomic E-state index is -0.235. The van der Waals surface area contributed by atoms with Gasteiger partial charge in [-0.05, 0) is 55.8 Å². The lowest BCUT2D eigenvalue weighted by molar-refractivity contribution is 0.102. The number of para-hydroxylation sites is 1. The first-order valence-electron chi connectivity index (χ1n) is 8.41. The molecule has 1 aliphatic heterocycles. The maximum absolute atomic E-state index is 13.2. The standard InChI is InChI=1S/C20H18N2O2/c23-12-5-6-13-15(11-12)20(7-9-21-10-8-20)19-17(18(13)24)14-3-1-2-4-16(14)22-19/h1-6,11,21-23H,7-10H2. The van der Waals surface area contributed by atoms with Crippen LogP contribution in [0.2, 0.25) is 0 Å². The summed E-state index contributed by atoms with van der Waals surface area (Å²) in [5.41, 5.74) is 4.30. The van der Waals surface area contributed by atoms with Crippen molar-refractivity contribution in [3.05, 3.63) is 64.8 Å². The molecule has 4 heteroatoms. The minimum absolute atomic E-state index is 0.0570. The van der Waals surface area contributed by atoms with E-state index in [9.17, 15) is 9.90 Å². The van der Waals surface area contributed by atoms with Crippen molar-refractivity contribution >= 4 is 16.7 Å². The van der Waals surface area contributed by atoms with Gasteiger partial charge in [-0.3, -0.25) is 4.79 Å². The summed E-state index contributed by atoms with van der Waals surface area (Å²) in [5, 5.41) is 14.4. The van der Waals surface area contributed by atoms with Crippen molar-refractivity contribution in [2.75, 3.05) is 13.1 Å². The lowest BCUT2D eigenvalue weighted by Gasteiger charge is -2.41. The van der Waals surface area contributed by atoms with E-state index in [0.29, 0.717) is 0 Å². The van der Waals surface area contributed by atoms with Crippen molar-refractivity contribution in [1.82, 2.24) is 10.3 Å². The molecule has 1 spiro atoms. The normalized spacial score (nSPS) is 18.6. The van der Waals surface area contributed by atoms with Crippen LogP contribution in [-0.4, -0.2) is 29.0 Å². The highest BCUT2D eigenvalue weighted by Crippen LogP contribution is 2.49. The molecule has 1 fully saturated rings. The van der Waals surface area contributed by atoms with E-state index in [0.717, 1.165) is 59.2 Å². The Morgan fingerprint density at radius 2 is 1.83 bits per heavy atom. The third-order valence-electron chi connectivity index (χ3n) is 5.63. The number of hydrogen-bond donors (Lipinski definition) is 3. The number of carbonyl (C=O) groups excluding carboxylic acids is 1. The molecule has 24 heavy (non-hydrogen) atoms. The first kappa shape index (κ1) is 13.8. The van der Waals surface area contributed by atoms with E-state index in [-0.39, 0.29) is 16.9 Å². The molecule has 4 nitrogen and oxygen atoms in total. The van der Waals surface area contributed by atoms with Gasteiger partial charge in [0.25, 0.3) is 0 Å². The number of aromatic hydroxyl groups is 1. The second kappa shape index (κ2) is 4.71. The molecule has 1 aliphatic carbocycles. The first-order valence-corrected chi connectivity index (χ1v) is 8.41. The molecule has 0 atom stereocenters. The molecule has 1 aromatic heterocycles. The molecule has 2 heterocycles. The number of phenols is 1. The number of nitrogens with one attached hydrogen (secondary N) is 2. The van der Waals surface area contributed by atoms with Gasteiger partial charge in [-0.2, -0.15) is 0 Å². The van der Waals surface area contributed by atoms with Gasteiger partial charge in [0.15, 0.2) is 5.78 Å². The number of piperidine rings is 1. The Morgan fingerprint density at radius 1 is 1.04 bits per heavy atom. The second-order valence-corrected chi connectivity index (χ2v) is 6.81. The highest BCUT2D eigenvalue weighted by atomic mass is 16.3. The quantitative estimate of drug-likeness (QED) is 0.597. The van der Waals surface area contributed by atoms with Crippen molar-refractivity contribution in [3.8, 4) is 5.75 Å². The molecule has 0 radical (unpaired) electrons. The van der Waals surface area contributed by atoms with Crippen LogP contribution in [0.1, 0.15) is 40.0 Å². The fourth-order valence-corrected chi connectivity index (χ4v) is 4.51. The molecule has 0 unspecified atom stereocenters. The number of rotatable bonds is 0. The molecule has 1 saturated heterocycles. The number of fused-ring (bicyclic) bond motifs is 6. The van der Waals surface area contributed by atoms with E-state index < -0.39 is 0 Å². The largest absolute Gasteiger partial charge is 0.508 e. The lowest BCUT2D eigenvalue weighted by atomic mass is 9.64. The van der Waals surface area contributed by atoms with Crippen LogP contribution < -0.4 is 5.32 Å². The van der Waals surface area contributed by atoms with E-state index in [1.165, 1.54) is 0 Å². The van der Waals surface area contributed by atoms with Crippen LogP contribution in [0, 0.1) is 0 Å². The molecule has 2 aromatic carbocycles. The van der Waals surface area contributed by atoms with Crippen molar-refractivity contribution in [3.63, 3.8) is 0 Å². The number of ketones is 1. The molecule has 0 saturated carbocycles. The summed E-state index contributed by atoms with van der Waals surface area (Å²) >= 11 is 0. The molecule has 2 aliphatic rings. The van der Waals surface area contributed by atoms with E-state index in [1.54, 1.807) is 18.2 Å². The van der Waals surface area contributed by atoms with Gasteiger partial charge in [-0.1, -0.05) is 18.2 Å². The second-order valence-electron chi connectivity index (χ2n) is 6.81. The highest BCUT2D eigenvalue weighted by Gasteiger charge is 2.46. The minimum Gasteiger partial charge on any atom is -0.508 e. The first-order chi connectivity index (χ1) is 11.7. The predicted molar refractivity (Wildman–Crippen MR) is 92.7 cm³/mol. The average molecular weight is 318 g/mol. The van der Waals surface area contributed by atoms with Gasteiger partial charge < -0.3 is 15.4 Å². The van der Waals surface area contributed by atoms with Crippen LogP contribution in [0.3, 0.4) is 0 Å². The summed E-state index contributed by atoms with van der Waals surface area (Å²) in [7, 11) is 0. The van der Waals surface area contributed by atoms with Crippen molar-refractivity contribution in [2.45, 2.75) is 18.3 Å². The molecule has 5 rings (SSSR count). The van der Waals surface area contributed by atoms with Gasteiger partial charge in [0, 0.05) is 27.6 Å². The van der Waals surface area contributed by atoms with Crippen LogP contribution in [0.4, 0.5) is 0 Å². The fourth-order valence-electron chi connectivity index (χ4n) is 4.51. The summed E-state index contributed by atoms with van der Waals surface area (Å²) in [6.45, 7) is 1.80. The van der Waals surface area contributed by atoms with Crippen molar-refractivity contribution in [1.29, 1.82) is 0 Å². The van der Waals surface area contributed by atoms with Gasteiger partial charge in [0.1, 0.15) is 5.75 Å². The van der Waals surface area contributed by atoms with Crippen LogP contribution >= 0.6 is 0 Å². The number of H-pyrrole nitrogens is 1. The maximum Gasteiger partial charge on any atom is 0.195 e. The molecule has 0 amide bonds. The molecule has 3 N–H and O–H groups in total. The monoisotopic (exact) mass is 318 g/mol. The number of aromatic nitrogens is 1. The third kappa shape index (κ3) is 1.64. The van der Waals surface area contributed by atoms with E-state index in [4.69, 9.17) is 0 Å². The van der Waals surface area contributed by atoms with E-state index in [2.05, 4.69) is 10.3 Å². The Balaban J connectivity index is 1.90. The average Bonchev–Trinajstić information content (AvgIpc) is 3.01.